The van der Waals surface area contributed by atoms with Crippen LogP contribution in [0.3, 0.4) is 0 Å². The molecule has 0 bridgehead atoms. The molecular weight excluding hydrogens is 346 g/mol. The van der Waals surface area contributed by atoms with Crippen molar-refractivity contribution in [3.05, 3.63) is 23.8 Å². The molecule has 2 atom stereocenters. The first kappa shape index (κ1) is 19.1. The van der Waals surface area contributed by atoms with E-state index >= 15 is 0 Å². The van der Waals surface area contributed by atoms with Gasteiger partial charge in [-0.3, -0.25) is 9.59 Å². The highest BCUT2D eigenvalue weighted by Crippen LogP contribution is 2.32. The van der Waals surface area contributed by atoms with Gasteiger partial charge in [0, 0.05) is 41.8 Å². The fourth-order valence-corrected chi connectivity index (χ4v) is 4.10. The van der Waals surface area contributed by atoms with E-state index < -0.39 is 0 Å². The van der Waals surface area contributed by atoms with Gasteiger partial charge in [-0.25, -0.2) is 0 Å². The number of hydrogen-bond donors (Lipinski definition) is 2. The van der Waals surface area contributed by atoms with E-state index in [9.17, 15) is 9.59 Å². The molecule has 2 heterocycles. The van der Waals surface area contributed by atoms with Gasteiger partial charge in [0.1, 0.15) is 0 Å². The quantitative estimate of drug-likeness (QED) is 0.840. The number of carbonyl (C=O) groups excluding carboxylic acids is 2. The van der Waals surface area contributed by atoms with Crippen LogP contribution < -0.4 is 11.1 Å². The molecule has 24 heavy (non-hydrogen) atoms. The van der Waals surface area contributed by atoms with Crippen LogP contribution in [-0.4, -0.2) is 41.6 Å². The number of carbonyl (C=O) groups is 2. The van der Waals surface area contributed by atoms with Crippen LogP contribution in [0.4, 0.5) is 5.69 Å². The molecule has 7 heteroatoms. The van der Waals surface area contributed by atoms with Crippen LogP contribution in [0.2, 0.25) is 0 Å². The van der Waals surface area contributed by atoms with Crippen LogP contribution in [0.5, 0.6) is 0 Å². The number of rotatable bonds is 2. The van der Waals surface area contributed by atoms with Gasteiger partial charge in [0.2, 0.25) is 5.91 Å². The monoisotopic (exact) mass is 369 g/mol. The maximum atomic E-state index is 12.8. The SMILES string of the molecule is CC(N)C1CCCN(C(=O)c2ccc3c(c2)NC(=O)CCS3)C1.Cl. The molecule has 2 amide bonds. The number of halogens is 1. The highest BCUT2D eigenvalue weighted by molar-refractivity contribution is 7.99. The molecule has 0 saturated carbocycles. The Morgan fingerprint density at radius 2 is 2.25 bits per heavy atom. The van der Waals surface area contributed by atoms with E-state index in [0.29, 0.717) is 24.4 Å². The molecule has 0 radical (unpaired) electrons. The van der Waals surface area contributed by atoms with Crippen molar-refractivity contribution in [2.24, 2.45) is 11.7 Å². The predicted octanol–water partition coefficient (Wildman–Crippen LogP) is 2.74. The van der Waals surface area contributed by atoms with Gasteiger partial charge in [0.25, 0.3) is 5.91 Å². The molecule has 132 valence electrons. The molecule has 0 spiro atoms. The number of fused-ring (bicyclic) bond motifs is 1. The molecule has 2 aliphatic rings. The van der Waals surface area contributed by atoms with E-state index in [1.54, 1.807) is 11.8 Å². The Morgan fingerprint density at radius 3 is 3.00 bits per heavy atom. The van der Waals surface area contributed by atoms with Gasteiger partial charge in [0.15, 0.2) is 0 Å². The number of likely N-dealkylation sites (tertiary alicyclic amines) is 1. The Labute approximate surface area is 153 Å². The van der Waals surface area contributed by atoms with E-state index in [-0.39, 0.29) is 30.3 Å². The zero-order valence-electron chi connectivity index (χ0n) is 13.8. The second-order valence-corrected chi connectivity index (χ2v) is 7.51. The Kier molecular flexibility index (Phi) is 6.54. The van der Waals surface area contributed by atoms with Crippen molar-refractivity contribution in [1.29, 1.82) is 0 Å². The second-order valence-electron chi connectivity index (χ2n) is 6.37. The van der Waals surface area contributed by atoms with Crippen LogP contribution in [0.1, 0.15) is 36.5 Å². The molecule has 1 fully saturated rings. The number of nitrogens with one attached hydrogen (secondary N) is 1. The maximum Gasteiger partial charge on any atom is 0.253 e. The minimum Gasteiger partial charge on any atom is -0.338 e. The summed E-state index contributed by atoms with van der Waals surface area (Å²) < 4.78 is 0. The number of nitrogens with zero attached hydrogens (tertiary/aromatic N) is 1. The molecule has 3 rings (SSSR count). The standard InChI is InChI=1S/C17H23N3O2S.ClH/c1-11(18)13-3-2-7-20(10-13)17(22)12-4-5-15-14(9-12)19-16(21)6-8-23-15;/h4-5,9,11,13H,2-3,6-8,10,18H2,1H3,(H,19,21);1H. The summed E-state index contributed by atoms with van der Waals surface area (Å²) in [6.07, 6.45) is 2.58. The van der Waals surface area contributed by atoms with E-state index in [0.717, 1.165) is 35.7 Å². The molecule has 1 aromatic rings. The summed E-state index contributed by atoms with van der Waals surface area (Å²) in [5.41, 5.74) is 7.39. The number of thioether (sulfide) groups is 1. The number of hydrogen-bond acceptors (Lipinski definition) is 4. The van der Waals surface area contributed by atoms with Gasteiger partial charge < -0.3 is 16.0 Å². The zero-order chi connectivity index (χ0) is 16.4. The van der Waals surface area contributed by atoms with Crippen LogP contribution >= 0.6 is 24.2 Å². The molecule has 5 nitrogen and oxygen atoms in total. The van der Waals surface area contributed by atoms with Crippen LogP contribution in [0.25, 0.3) is 0 Å². The first-order valence-corrected chi connectivity index (χ1v) is 9.14. The van der Waals surface area contributed by atoms with Gasteiger partial charge in [-0.15, -0.1) is 24.2 Å². The normalized spacial score (nSPS) is 21.8. The zero-order valence-corrected chi connectivity index (χ0v) is 15.4. The van der Waals surface area contributed by atoms with Crippen molar-refractivity contribution < 1.29 is 9.59 Å². The third-order valence-electron chi connectivity index (χ3n) is 4.58. The Hall–Kier alpha value is -1.24. The molecule has 1 saturated heterocycles. The summed E-state index contributed by atoms with van der Waals surface area (Å²) in [4.78, 5) is 27.4. The van der Waals surface area contributed by atoms with Gasteiger partial charge in [0.05, 0.1) is 5.69 Å². The molecule has 3 N–H and O–H groups in total. The minimum absolute atomic E-state index is 0. The summed E-state index contributed by atoms with van der Waals surface area (Å²) in [6.45, 7) is 3.50. The van der Waals surface area contributed by atoms with Crippen molar-refractivity contribution in [3.63, 3.8) is 0 Å². The van der Waals surface area contributed by atoms with Gasteiger partial charge in [-0.1, -0.05) is 0 Å². The van der Waals surface area contributed by atoms with Crippen LogP contribution in [0.15, 0.2) is 23.1 Å². The third-order valence-corrected chi connectivity index (χ3v) is 5.65. The molecule has 1 aromatic carbocycles. The fourth-order valence-electron chi connectivity index (χ4n) is 3.16. The lowest BCUT2D eigenvalue weighted by atomic mass is 9.92. The molecule has 0 aliphatic carbocycles. The summed E-state index contributed by atoms with van der Waals surface area (Å²) in [5, 5.41) is 2.90. The van der Waals surface area contributed by atoms with Crippen molar-refractivity contribution in [2.75, 3.05) is 24.2 Å². The van der Waals surface area contributed by atoms with E-state index in [4.69, 9.17) is 5.73 Å². The lowest BCUT2D eigenvalue weighted by molar-refractivity contribution is -0.115. The van der Waals surface area contributed by atoms with Crippen molar-refractivity contribution in [1.82, 2.24) is 4.90 Å². The molecular formula is C17H24ClN3O2S. The lowest BCUT2D eigenvalue weighted by Gasteiger charge is -2.34. The summed E-state index contributed by atoms with van der Waals surface area (Å²) >= 11 is 1.65. The number of anilines is 1. The maximum absolute atomic E-state index is 12.8. The Balaban J connectivity index is 0.00000208. The Bertz CT molecular complexity index is 624. The second kappa shape index (κ2) is 8.23. The number of piperidine rings is 1. The predicted molar refractivity (Wildman–Crippen MR) is 99.9 cm³/mol. The average molecular weight is 370 g/mol. The number of nitrogens with two attached hydrogens (primary N) is 1. The Morgan fingerprint density at radius 1 is 1.46 bits per heavy atom. The first-order valence-electron chi connectivity index (χ1n) is 8.16. The minimum atomic E-state index is 0. The van der Waals surface area contributed by atoms with E-state index in [2.05, 4.69) is 5.32 Å². The highest BCUT2D eigenvalue weighted by atomic mass is 35.5. The molecule has 0 aromatic heterocycles. The summed E-state index contributed by atoms with van der Waals surface area (Å²) in [7, 11) is 0. The number of amides is 2. The van der Waals surface area contributed by atoms with Crippen molar-refractivity contribution >= 4 is 41.7 Å². The average Bonchev–Trinajstić information content (AvgIpc) is 2.74. The summed E-state index contributed by atoms with van der Waals surface area (Å²) in [6, 6.07) is 5.71. The lowest BCUT2D eigenvalue weighted by Crippen LogP contribution is -2.45. The molecule has 2 unspecified atom stereocenters. The van der Waals surface area contributed by atoms with Gasteiger partial charge in [-0.05, 0) is 43.9 Å². The largest absolute Gasteiger partial charge is 0.338 e. The number of benzene rings is 1. The summed E-state index contributed by atoms with van der Waals surface area (Å²) in [5.74, 6) is 1.18. The topological polar surface area (TPSA) is 75.4 Å². The van der Waals surface area contributed by atoms with Gasteiger partial charge >= 0.3 is 0 Å². The van der Waals surface area contributed by atoms with Crippen LogP contribution in [-0.2, 0) is 4.79 Å². The molecule has 2 aliphatic heterocycles. The van der Waals surface area contributed by atoms with E-state index in [1.165, 1.54) is 0 Å². The van der Waals surface area contributed by atoms with Gasteiger partial charge in [-0.2, -0.15) is 0 Å². The third kappa shape index (κ3) is 4.23. The fraction of sp³-hybridized carbons (Fsp3) is 0.529. The van der Waals surface area contributed by atoms with Crippen LogP contribution in [0, 0.1) is 5.92 Å². The van der Waals surface area contributed by atoms with E-state index in [1.807, 2.05) is 30.0 Å². The van der Waals surface area contributed by atoms with Crippen molar-refractivity contribution in [2.45, 2.75) is 37.1 Å². The van der Waals surface area contributed by atoms with Crippen molar-refractivity contribution in [3.8, 4) is 0 Å². The first-order chi connectivity index (χ1) is 11.0. The highest BCUT2D eigenvalue weighted by Gasteiger charge is 2.27. The smallest absolute Gasteiger partial charge is 0.253 e.